The summed E-state index contributed by atoms with van der Waals surface area (Å²) in [4.78, 5) is 4.88. The predicted octanol–water partition coefficient (Wildman–Crippen LogP) is 2.60. The van der Waals surface area contributed by atoms with Crippen molar-refractivity contribution in [1.82, 2.24) is 14.4 Å². The van der Waals surface area contributed by atoms with Gasteiger partial charge in [-0.15, -0.1) is 0 Å². The summed E-state index contributed by atoms with van der Waals surface area (Å²) in [5.74, 6) is 0. The number of para-hydroxylation sites is 1. The Morgan fingerprint density at radius 3 is 2.62 bits per heavy atom. The lowest BCUT2D eigenvalue weighted by molar-refractivity contribution is 0.00623. The van der Waals surface area contributed by atoms with Crippen molar-refractivity contribution in [2.24, 2.45) is 7.05 Å². The molecule has 0 bridgehead atoms. The maximum absolute atomic E-state index is 11.0. The number of likely N-dealkylation sites (tertiary alicyclic amines) is 2. The Labute approximate surface area is 144 Å². The molecule has 4 nitrogen and oxygen atoms in total. The average Bonchev–Trinajstić information content (AvgIpc) is 3.10. The molecule has 2 aliphatic heterocycles. The standard InChI is InChI=1S/C20H29N3O/c1-21-18(13-17-7-3-4-8-19(17)21)14-23-12-9-20(24,16-23)15-22-10-5-2-6-11-22/h3-4,7-8,13,24H,2,5-6,9-12,14-16H2,1H3/t20-/m0/s1. The molecule has 2 aromatic rings. The molecule has 0 unspecified atom stereocenters. The molecule has 130 valence electrons. The van der Waals surface area contributed by atoms with Crippen LogP contribution in [0, 0.1) is 0 Å². The SMILES string of the molecule is Cn1c(CN2CC[C@](O)(CN3CCCCC3)C2)cc2ccccc21. The summed E-state index contributed by atoms with van der Waals surface area (Å²) in [5, 5.41) is 12.3. The Hall–Kier alpha value is -1.36. The third-order valence-corrected chi connectivity index (χ3v) is 5.81. The van der Waals surface area contributed by atoms with E-state index in [4.69, 9.17) is 0 Å². The van der Waals surface area contributed by atoms with Gasteiger partial charge in [-0.1, -0.05) is 24.6 Å². The predicted molar refractivity (Wildman–Crippen MR) is 98.1 cm³/mol. The molecular formula is C20H29N3O. The van der Waals surface area contributed by atoms with Gasteiger partial charge in [-0.2, -0.15) is 0 Å². The molecule has 3 heterocycles. The number of hydrogen-bond donors (Lipinski definition) is 1. The lowest BCUT2D eigenvalue weighted by atomic mass is 10.0. The van der Waals surface area contributed by atoms with E-state index in [1.54, 1.807) is 0 Å². The van der Waals surface area contributed by atoms with E-state index >= 15 is 0 Å². The minimum Gasteiger partial charge on any atom is -0.387 e. The van der Waals surface area contributed by atoms with E-state index in [2.05, 4.69) is 51.7 Å². The summed E-state index contributed by atoms with van der Waals surface area (Å²) >= 11 is 0. The molecule has 1 aromatic carbocycles. The van der Waals surface area contributed by atoms with E-state index in [9.17, 15) is 5.11 Å². The molecular weight excluding hydrogens is 298 g/mol. The van der Waals surface area contributed by atoms with Crippen LogP contribution in [0.5, 0.6) is 0 Å². The van der Waals surface area contributed by atoms with Gasteiger partial charge >= 0.3 is 0 Å². The third-order valence-electron chi connectivity index (χ3n) is 5.81. The highest BCUT2D eigenvalue weighted by Crippen LogP contribution is 2.27. The second-order valence-electron chi connectivity index (χ2n) is 7.78. The van der Waals surface area contributed by atoms with Gasteiger partial charge in [0.05, 0.1) is 5.60 Å². The lowest BCUT2D eigenvalue weighted by Crippen LogP contribution is -2.46. The van der Waals surface area contributed by atoms with Crippen LogP contribution >= 0.6 is 0 Å². The molecule has 0 saturated carbocycles. The summed E-state index contributed by atoms with van der Waals surface area (Å²) in [7, 11) is 2.15. The number of aliphatic hydroxyl groups is 1. The summed E-state index contributed by atoms with van der Waals surface area (Å²) < 4.78 is 2.29. The molecule has 0 amide bonds. The van der Waals surface area contributed by atoms with Crippen LogP contribution in [0.4, 0.5) is 0 Å². The highest BCUT2D eigenvalue weighted by atomic mass is 16.3. The number of aromatic nitrogens is 1. The van der Waals surface area contributed by atoms with Gasteiger partial charge in [0.2, 0.25) is 0 Å². The number of benzene rings is 1. The first-order valence-corrected chi connectivity index (χ1v) is 9.33. The van der Waals surface area contributed by atoms with Crippen LogP contribution in [0.3, 0.4) is 0 Å². The number of fused-ring (bicyclic) bond motifs is 1. The van der Waals surface area contributed by atoms with E-state index in [0.717, 1.165) is 45.7 Å². The van der Waals surface area contributed by atoms with Gasteiger partial charge in [-0.05, 0) is 49.9 Å². The zero-order valence-electron chi connectivity index (χ0n) is 14.7. The van der Waals surface area contributed by atoms with E-state index in [1.165, 1.54) is 35.9 Å². The fourth-order valence-corrected chi connectivity index (χ4v) is 4.47. The highest BCUT2D eigenvalue weighted by molar-refractivity contribution is 5.81. The topological polar surface area (TPSA) is 31.6 Å². The minimum absolute atomic E-state index is 0.526. The van der Waals surface area contributed by atoms with Gasteiger partial charge in [0, 0.05) is 44.4 Å². The molecule has 2 saturated heterocycles. The molecule has 4 rings (SSSR count). The van der Waals surface area contributed by atoms with Crippen LogP contribution in [0.2, 0.25) is 0 Å². The van der Waals surface area contributed by atoms with Crippen LogP contribution in [0.25, 0.3) is 10.9 Å². The van der Waals surface area contributed by atoms with Gasteiger partial charge in [-0.25, -0.2) is 0 Å². The van der Waals surface area contributed by atoms with Gasteiger partial charge in [0.15, 0.2) is 0 Å². The maximum atomic E-state index is 11.0. The summed E-state index contributed by atoms with van der Waals surface area (Å²) in [5.41, 5.74) is 2.09. The van der Waals surface area contributed by atoms with Crippen molar-refractivity contribution in [3.8, 4) is 0 Å². The molecule has 1 N–H and O–H groups in total. The third kappa shape index (κ3) is 3.23. The van der Waals surface area contributed by atoms with Crippen molar-refractivity contribution < 1.29 is 5.11 Å². The molecule has 1 aromatic heterocycles. The lowest BCUT2D eigenvalue weighted by Gasteiger charge is -2.33. The number of rotatable bonds is 4. The van der Waals surface area contributed by atoms with Crippen LogP contribution in [0.1, 0.15) is 31.4 Å². The van der Waals surface area contributed by atoms with Gasteiger partial charge in [0.1, 0.15) is 0 Å². The van der Waals surface area contributed by atoms with Crippen molar-refractivity contribution in [2.75, 3.05) is 32.7 Å². The molecule has 0 radical (unpaired) electrons. The minimum atomic E-state index is -0.526. The molecule has 2 aliphatic rings. The zero-order valence-corrected chi connectivity index (χ0v) is 14.7. The second kappa shape index (κ2) is 6.51. The van der Waals surface area contributed by atoms with Crippen molar-refractivity contribution in [1.29, 1.82) is 0 Å². The first-order chi connectivity index (χ1) is 11.6. The molecule has 4 heteroatoms. The second-order valence-corrected chi connectivity index (χ2v) is 7.78. The van der Waals surface area contributed by atoms with Crippen LogP contribution in [-0.2, 0) is 13.6 Å². The van der Waals surface area contributed by atoms with Crippen molar-refractivity contribution in [2.45, 2.75) is 37.8 Å². The first kappa shape index (κ1) is 16.1. The van der Waals surface area contributed by atoms with E-state index in [1.807, 2.05) is 0 Å². The van der Waals surface area contributed by atoms with Crippen molar-refractivity contribution in [3.05, 3.63) is 36.0 Å². The summed E-state index contributed by atoms with van der Waals surface area (Å²) in [6.07, 6.45) is 4.82. The Morgan fingerprint density at radius 2 is 1.83 bits per heavy atom. The first-order valence-electron chi connectivity index (χ1n) is 9.33. The molecule has 0 spiro atoms. The van der Waals surface area contributed by atoms with Crippen LogP contribution in [0.15, 0.2) is 30.3 Å². The van der Waals surface area contributed by atoms with Crippen molar-refractivity contribution in [3.63, 3.8) is 0 Å². The fraction of sp³-hybridized carbons (Fsp3) is 0.600. The van der Waals surface area contributed by atoms with Gasteiger partial charge in [0.25, 0.3) is 0 Å². The van der Waals surface area contributed by atoms with E-state index in [-0.39, 0.29) is 0 Å². The number of β-amino-alcohol motifs (C(OH)–C–C–N with tert-alkyl or cyclic N) is 1. The number of nitrogens with zero attached hydrogens (tertiary/aromatic N) is 3. The zero-order chi connectivity index (χ0) is 16.6. The molecule has 1 atom stereocenters. The Balaban J connectivity index is 1.41. The average molecular weight is 327 g/mol. The largest absolute Gasteiger partial charge is 0.387 e. The number of hydrogen-bond acceptors (Lipinski definition) is 3. The smallest absolute Gasteiger partial charge is 0.0912 e. The Kier molecular flexibility index (Phi) is 4.37. The van der Waals surface area contributed by atoms with Gasteiger partial charge in [-0.3, -0.25) is 4.90 Å². The summed E-state index contributed by atoms with van der Waals surface area (Å²) in [6, 6.07) is 10.8. The summed E-state index contributed by atoms with van der Waals surface area (Å²) in [6.45, 7) is 5.88. The Morgan fingerprint density at radius 1 is 1.04 bits per heavy atom. The monoisotopic (exact) mass is 327 g/mol. The number of piperidine rings is 1. The van der Waals surface area contributed by atoms with Crippen LogP contribution in [-0.4, -0.2) is 57.8 Å². The quantitative estimate of drug-likeness (QED) is 0.937. The van der Waals surface area contributed by atoms with Crippen LogP contribution < -0.4 is 0 Å². The van der Waals surface area contributed by atoms with E-state index in [0.29, 0.717) is 0 Å². The molecule has 2 fully saturated rings. The van der Waals surface area contributed by atoms with E-state index < -0.39 is 5.60 Å². The van der Waals surface area contributed by atoms with Gasteiger partial charge < -0.3 is 14.6 Å². The highest BCUT2D eigenvalue weighted by Gasteiger charge is 2.37. The normalized spacial score (nSPS) is 26.4. The fourth-order valence-electron chi connectivity index (χ4n) is 4.47. The molecule has 24 heavy (non-hydrogen) atoms. The molecule has 0 aliphatic carbocycles. The Bertz CT molecular complexity index is 704. The maximum Gasteiger partial charge on any atom is 0.0912 e. The number of aryl methyl sites for hydroxylation is 1. The van der Waals surface area contributed by atoms with Crippen molar-refractivity contribution >= 4 is 10.9 Å².